The Bertz CT molecular complexity index is 1110. The maximum atomic E-state index is 13.5. The summed E-state index contributed by atoms with van der Waals surface area (Å²) in [6.45, 7) is -0.0498. The van der Waals surface area contributed by atoms with Crippen LogP contribution < -0.4 is 19.3 Å². The molecule has 1 aromatic heterocycles. The SMILES string of the molecule is COc1ccc(S(=O)(=O)N(Cc2ccccc2)c2c(OC(=O)NO)cnn2C)cc1. The molecular weight excluding hydrogens is 412 g/mol. The van der Waals surface area contributed by atoms with Crippen LogP contribution in [0.25, 0.3) is 0 Å². The van der Waals surface area contributed by atoms with Gasteiger partial charge in [0.15, 0.2) is 11.6 Å². The fourth-order valence-corrected chi connectivity index (χ4v) is 4.28. The van der Waals surface area contributed by atoms with E-state index in [-0.39, 0.29) is 23.0 Å². The van der Waals surface area contributed by atoms with Crippen molar-refractivity contribution >= 4 is 21.9 Å². The third-order valence-corrected chi connectivity index (χ3v) is 5.97. The van der Waals surface area contributed by atoms with Crippen molar-refractivity contribution in [3.8, 4) is 11.5 Å². The van der Waals surface area contributed by atoms with Gasteiger partial charge < -0.3 is 9.47 Å². The number of methoxy groups -OCH3 is 1. The number of hydroxylamine groups is 1. The van der Waals surface area contributed by atoms with Gasteiger partial charge in [-0.1, -0.05) is 30.3 Å². The van der Waals surface area contributed by atoms with Crippen LogP contribution in [0.15, 0.2) is 65.7 Å². The van der Waals surface area contributed by atoms with Gasteiger partial charge in [0.1, 0.15) is 5.75 Å². The standard InChI is InChI=1S/C19H20N4O6S/c1-22-18(17(12-20-22)29-19(24)21-25)23(13-14-6-4-3-5-7-14)30(26,27)16-10-8-15(28-2)9-11-16/h3-12,25H,13H2,1-2H3,(H,21,24). The molecule has 10 nitrogen and oxygen atoms in total. The number of hydrogen-bond donors (Lipinski definition) is 2. The molecule has 2 aromatic carbocycles. The molecule has 3 rings (SSSR count). The van der Waals surface area contributed by atoms with Crippen LogP contribution in [0.5, 0.6) is 11.5 Å². The number of hydrogen-bond acceptors (Lipinski definition) is 7. The Morgan fingerprint density at radius 2 is 1.83 bits per heavy atom. The van der Waals surface area contributed by atoms with Crippen LogP contribution >= 0.6 is 0 Å². The lowest BCUT2D eigenvalue weighted by Gasteiger charge is -2.25. The van der Waals surface area contributed by atoms with Gasteiger partial charge in [-0.05, 0) is 29.8 Å². The second-order valence-corrected chi connectivity index (χ2v) is 7.99. The van der Waals surface area contributed by atoms with Crippen LogP contribution in [0.2, 0.25) is 0 Å². The zero-order chi connectivity index (χ0) is 21.7. The fraction of sp³-hybridized carbons (Fsp3) is 0.158. The molecule has 1 amide bonds. The number of carbonyl (C=O) groups is 1. The Kier molecular flexibility index (Phi) is 6.23. The molecule has 0 aliphatic carbocycles. The van der Waals surface area contributed by atoms with Crippen molar-refractivity contribution in [3.05, 3.63) is 66.4 Å². The average Bonchev–Trinajstić information content (AvgIpc) is 3.12. The number of nitrogens with zero attached hydrogens (tertiary/aromatic N) is 3. The number of aryl methyl sites for hydroxylation is 1. The van der Waals surface area contributed by atoms with E-state index in [9.17, 15) is 13.2 Å². The van der Waals surface area contributed by atoms with Gasteiger partial charge in [-0.25, -0.2) is 27.7 Å². The maximum absolute atomic E-state index is 13.5. The van der Waals surface area contributed by atoms with E-state index in [4.69, 9.17) is 14.7 Å². The van der Waals surface area contributed by atoms with E-state index in [0.717, 1.165) is 4.31 Å². The van der Waals surface area contributed by atoms with Crippen LogP contribution in [0.4, 0.5) is 10.6 Å². The predicted molar refractivity (Wildman–Crippen MR) is 107 cm³/mol. The average molecular weight is 432 g/mol. The molecule has 0 radical (unpaired) electrons. The number of ether oxygens (including phenoxy) is 2. The highest BCUT2D eigenvalue weighted by Gasteiger charge is 2.31. The molecule has 0 aliphatic rings. The molecule has 2 N–H and O–H groups in total. The zero-order valence-electron chi connectivity index (χ0n) is 16.2. The van der Waals surface area contributed by atoms with E-state index in [1.807, 2.05) is 6.07 Å². The summed E-state index contributed by atoms with van der Waals surface area (Å²) in [6, 6.07) is 14.8. The first-order valence-electron chi connectivity index (χ1n) is 8.71. The lowest BCUT2D eigenvalue weighted by Crippen LogP contribution is -2.33. The summed E-state index contributed by atoms with van der Waals surface area (Å²) in [5.74, 6) is 0.378. The Morgan fingerprint density at radius 1 is 1.17 bits per heavy atom. The van der Waals surface area contributed by atoms with E-state index in [1.54, 1.807) is 24.3 Å². The summed E-state index contributed by atoms with van der Waals surface area (Å²) in [7, 11) is -1.09. The van der Waals surface area contributed by atoms with Gasteiger partial charge in [0.05, 0.1) is 24.7 Å². The summed E-state index contributed by atoms with van der Waals surface area (Å²) in [5, 5.41) is 12.8. The van der Waals surface area contributed by atoms with E-state index in [2.05, 4.69) is 5.10 Å². The van der Waals surface area contributed by atoms with Crippen molar-refractivity contribution in [1.29, 1.82) is 0 Å². The smallest absolute Gasteiger partial charge is 0.436 e. The summed E-state index contributed by atoms with van der Waals surface area (Å²) in [4.78, 5) is 11.5. The van der Waals surface area contributed by atoms with E-state index >= 15 is 0 Å². The summed E-state index contributed by atoms with van der Waals surface area (Å²) >= 11 is 0. The Labute approximate surface area is 173 Å². The van der Waals surface area contributed by atoms with Gasteiger partial charge in [0.25, 0.3) is 10.0 Å². The molecule has 0 atom stereocenters. The highest BCUT2D eigenvalue weighted by atomic mass is 32.2. The van der Waals surface area contributed by atoms with Gasteiger partial charge in [0, 0.05) is 7.05 Å². The monoisotopic (exact) mass is 432 g/mol. The van der Waals surface area contributed by atoms with Crippen molar-refractivity contribution in [2.75, 3.05) is 11.4 Å². The van der Waals surface area contributed by atoms with Crippen molar-refractivity contribution in [2.24, 2.45) is 7.05 Å². The number of sulfonamides is 1. The van der Waals surface area contributed by atoms with Crippen molar-refractivity contribution in [1.82, 2.24) is 15.3 Å². The van der Waals surface area contributed by atoms with E-state index in [0.29, 0.717) is 11.3 Å². The first-order valence-corrected chi connectivity index (χ1v) is 10.2. The van der Waals surface area contributed by atoms with Crippen molar-refractivity contribution in [2.45, 2.75) is 11.4 Å². The van der Waals surface area contributed by atoms with Crippen LogP contribution in [0.1, 0.15) is 5.56 Å². The Morgan fingerprint density at radius 3 is 2.43 bits per heavy atom. The third-order valence-electron chi connectivity index (χ3n) is 4.22. The van der Waals surface area contributed by atoms with Gasteiger partial charge in [-0.2, -0.15) is 5.10 Å². The minimum atomic E-state index is -4.09. The predicted octanol–water partition coefficient (Wildman–Crippen LogP) is 2.30. The topological polar surface area (TPSA) is 123 Å². The molecule has 3 aromatic rings. The van der Waals surface area contributed by atoms with Crippen LogP contribution in [0.3, 0.4) is 0 Å². The molecule has 158 valence electrons. The Balaban J connectivity index is 2.12. The minimum Gasteiger partial charge on any atom is -0.497 e. The number of rotatable bonds is 7. The summed E-state index contributed by atoms with van der Waals surface area (Å²) in [6.07, 6.45) is 0.0114. The number of aromatic nitrogens is 2. The molecule has 0 saturated carbocycles. The van der Waals surface area contributed by atoms with Crippen LogP contribution in [-0.2, 0) is 23.6 Å². The molecule has 0 bridgehead atoms. The Hall–Kier alpha value is -3.57. The third kappa shape index (κ3) is 4.36. The summed E-state index contributed by atoms with van der Waals surface area (Å²) < 4.78 is 39.5. The second-order valence-electron chi connectivity index (χ2n) is 6.13. The van der Waals surface area contributed by atoms with Crippen LogP contribution in [-0.4, -0.2) is 36.6 Å². The first kappa shape index (κ1) is 21.1. The molecule has 0 unspecified atom stereocenters. The molecule has 0 saturated heterocycles. The number of anilines is 1. The van der Waals surface area contributed by atoms with Gasteiger partial charge in [0.2, 0.25) is 0 Å². The number of carbonyl (C=O) groups excluding carboxylic acids is 1. The fourth-order valence-electron chi connectivity index (χ4n) is 2.79. The first-order chi connectivity index (χ1) is 14.4. The van der Waals surface area contributed by atoms with Gasteiger partial charge >= 0.3 is 6.09 Å². The van der Waals surface area contributed by atoms with Crippen LogP contribution in [0, 0.1) is 0 Å². The normalized spacial score (nSPS) is 11.0. The molecule has 0 aliphatic heterocycles. The van der Waals surface area contributed by atoms with Gasteiger partial charge in [-0.15, -0.1) is 0 Å². The number of amides is 1. The maximum Gasteiger partial charge on any atom is 0.436 e. The lowest BCUT2D eigenvalue weighted by atomic mass is 10.2. The van der Waals surface area contributed by atoms with Crippen molar-refractivity contribution in [3.63, 3.8) is 0 Å². The number of nitrogens with one attached hydrogen (secondary N) is 1. The molecule has 1 heterocycles. The largest absolute Gasteiger partial charge is 0.497 e. The van der Waals surface area contributed by atoms with Crippen molar-refractivity contribution < 1.29 is 27.9 Å². The highest BCUT2D eigenvalue weighted by Crippen LogP contribution is 2.34. The quantitative estimate of drug-likeness (QED) is 0.434. The second kappa shape index (κ2) is 8.84. The summed E-state index contributed by atoms with van der Waals surface area (Å²) in [5.41, 5.74) is 2.04. The number of benzene rings is 2. The molecule has 11 heteroatoms. The molecule has 30 heavy (non-hydrogen) atoms. The lowest BCUT2D eigenvalue weighted by molar-refractivity contribution is 0.128. The minimum absolute atomic E-state index is 0.0120. The van der Waals surface area contributed by atoms with E-state index < -0.39 is 16.1 Å². The zero-order valence-corrected chi connectivity index (χ0v) is 17.0. The molecule has 0 spiro atoms. The van der Waals surface area contributed by atoms with E-state index in [1.165, 1.54) is 54.8 Å². The molecular formula is C19H20N4O6S. The molecule has 0 fully saturated rings. The van der Waals surface area contributed by atoms with Gasteiger partial charge in [-0.3, -0.25) is 5.21 Å². The highest BCUT2D eigenvalue weighted by molar-refractivity contribution is 7.92.